The van der Waals surface area contributed by atoms with Gasteiger partial charge in [0, 0.05) is 12.2 Å². The van der Waals surface area contributed by atoms with Crippen molar-refractivity contribution in [3.05, 3.63) is 53.1 Å². The Balaban J connectivity index is 1.87. The van der Waals surface area contributed by atoms with Gasteiger partial charge in [0.05, 0.1) is 18.0 Å². The second-order valence-corrected chi connectivity index (χ2v) is 9.00. The molecule has 0 atom stereocenters. The van der Waals surface area contributed by atoms with Crippen molar-refractivity contribution < 1.29 is 5.11 Å². The first-order chi connectivity index (χ1) is 16.2. The first-order valence-electron chi connectivity index (χ1n) is 13.2. The molecule has 0 aromatic heterocycles. The minimum atomic E-state index is 0.124. The number of hydrogen-bond donors (Lipinski definition) is 2. The van der Waals surface area contributed by atoms with Gasteiger partial charge in [-0.15, -0.1) is 0 Å². The van der Waals surface area contributed by atoms with E-state index in [1.807, 2.05) is 18.2 Å². The second kappa shape index (κ2) is 16.4. The van der Waals surface area contributed by atoms with E-state index < -0.39 is 0 Å². The summed E-state index contributed by atoms with van der Waals surface area (Å²) in [7, 11) is 0. The first kappa shape index (κ1) is 27.0. The number of azo groups is 1. The molecule has 182 valence electrons. The van der Waals surface area contributed by atoms with E-state index in [2.05, 4.69) is 54.5 Å². The average Bonchev–Trinajstić information content (AvgIpc) is 2.84. The van der Waals surface area contributed by atoms with Gasteiger partial charge in [0.1, 0.15) is 0 Å². The minimum Gasteiger partial charge on any atom is -0.395 e. The number of aliphatic hydroxyl groups excluding tert-OH is 1. The van der Waals surface area contributed by atoms with Gasteiger partial charge in [-0.05, 0) is 61.1 Å². The van der Waals surface area contributed by atoms with Crippen LogP contribution in [-0.2, 0) is 12.8 Å². The molecule has 0 fully saturated rings. The lowest BCUT2D eigenvalue weighted by Crippen LogP contribution is -2.08. The summed E-state index contributed by atoms with van der Waals surface area (Å²) < 4.78 is 0. The molecule has 0 bridgehead atoms. The third-order valence-corrected chi connectivity index (χ3v) is 6.41. The zero-order valence-corrected chi connectivity index (χ0v) is 21.2. The number of benzene rings is 2. The van der Waals surface area contributed by atoms with Gasteiger partial charge in [0.2, 0.25) is 0 Å². The molecule has 0 saturated carbocycles. The zero-order valence-electron chi connectivity index (χ0n) is 21.2. The molecule has 0 aliphatic heterocycles. The van der Waals surface area contributed by atoms with Crippen LogP contribution < -0.4 is 5.32 Å². The number of nitrogens with one attached hydrogen (secondary N) is 1. The monoisotopic (exact) mass is 451 g/mol. The molecule has 0 amide bonds. The van der Waals surface area contributed by atoms with E-state index in [-0.39, 0.29) is 6.61 Å². The summed E-state index contributed by atoms with van der Waals surface area (Å²) in [6, 6.07) is 12.5. The topological polar surface area (TPSA) is 57.0 Å². The zero-order chi connectivity index (χ0) is 23.7. The highest BCUT2D eigenvalue weighted by Crippen LogP contribution is 2.31. The van der Waals surface area contributed by atoms with Crippen LogP contribution in [0.1, 0.15) is 94.7 Å². The van der Waals surface area contributed by atoms with E-state index in [1.165, 1.54) is 75.3 Å². The summed E-state index contributed by atoms with van der Waals surface area (Å²) in [5, 5.41) is 21.6. The van der Waals surface area contributed by atoms with Gasteiger partial charge < -0.3 is 10.4 Å². The maximum atomic E-state index is 9.11. The molecule has 4 heteroatoms. The fourth-order valence-electron chi connectivity index (χ4n) is 4.40. The molecule has 2 N–H and O–H groups in total. The second-order valence-electron chi connectivity index (χ2n) is 9.00. The molecule has 0 unspecified atom stereocenters. The van der Waals surface area contributed by atoms with Crippen LogP contribution in [0.2, 0.25) is 0 Å². The average molecular weight is 452 g/mol. The summed E-state index contributed by atoms with van der Waals surface area (Å²) in [4.78, 5) is 0. The Morgan fingerprint density at radius 2 is 1.39 bits per heavy atom. The van der Waals surface area contributed by atoms with Gasteiger partial charge in [-0.2, -0.15) is 10.2 Å². The fraction of sp³-hybridized carbons (Fsp3) is 0.586. The van der Waals surface area contributed by atoms with E-state index in [1.54, 1.807) is 0 Å². The van der Waals surface area contributed by atoms with Crippen molar-refractivity contribution in [2.24, 2.45) is 10.2 Å². The van der Waals surface area contributed by atoms with Crippen molar-refractivity contribution in [2.75, 3.05) is 18.5 Å². The molecule has 0 spiro atoms. The lowest BCUT2D eigenvalue weighted by atomic mass is 10.0. The number of aliphatic hydroxyl groups is 1. The molecule has 0 saturated heterocycles. The standard InChI is InChI=1S/C29H45N3O/c1-4-6-7-8-9-10-11-12-13-14-17-25-18-15-16-19-28(25)32-31-27-20-21-29(30-22-23-33)26(5-2)24(27)3/h15-16,18-21,30,33H,4-14,17,22-23H2,1-3H3. The molecule has 2 aromatic rings. The van der Waals surface area contributed by atoms with Crippen molar-refractivity contribution in [1.29, 1.82) is 0 Å². The molecule has 0 radical (unpaired) electrons. The van der Waals surface area contributed by atoms with Crippen LogP contribution >= 0.6 is 0 Å². The number of nitrogens with zero attached hydrogens (tertiary/aromatic N) is 2. The third kappa shape index (κ3) is 9.67. The van der Waals surface area contributed by atoms with Crippen LogP contribution in [0.15, 0.2) is 46.6 Å². The summed E-state index contributed by atoms with van der Waals surface area (Å²) in [5.74, 6) is 0. The van der Waals surface area contributed by atoms with Crippen LogP contribution in [-0.4, -0.2) is 18.3 Å². The van der Waals surface area contributed by atoms with E-state index in [9.17, 15) is 0 Å². The van der Waals surface area contributed by atoms with Crippen molar-refractivity contribution in [3.63, 3.8) is 0 Å². The van der Waals surface area contributed by atoms with Gasteiger partial charge >= 0.3 is 0 Å². The molecule has 0 heterocycles. The Labute approximate surface area is 201 Å². The fourth-order valence-corrected chi connectivity index (χ4v) is 4.40. The number of anilines is 1. The number of rotatable bonds is 17. The number of hydrogen-bond acceptors (Lipinski definition) is 4. The molecule has 2 rings (SSSR count). The van der Waals surface area contributed by atoms with Gasteiger partial charge in [-0.25, -0.2) is 0 Å². The number of unbranched alkanes of at least 4 members (excludes halogenated alkanes) is 9. The predicted octanol–water partition coefficient (Wildman–Crippen LogP) is 8.84. The quantitative estimate of drug-likeness (QED) is 0.186. The molecule has 2 aromatic carbocycles. The van der Waals surface area contributed by atoms with E-state index in [0.29, 0.717) is 6.54 Å². The lowest BCUT2D eigenvalue weighted by Gasteiger charge is -2.14. The molecule has 0 aliphatic carbocycles. The largest absolute Gasteiger partial charge is 0.395 e. The first-order valence-corrected chi connectivity index (χ1v) is 13.2. The van der Waals surface area contributed by atoms with Crippen LogP contribution in [0.5, 0.6) is 0 Å². The Bertz CT molecular complexity index is 832. The third-order valence-electron chi connectivity index (χ3n) is 6.41. The van der Waals surface area contributed by atoms with Crippen molar-refractivity contribution in [2.45, 2.75) is 97.8 Å². The smallest absolute Gasteiger partial charge is 0.0890 e. The van der Waals surface area contributed by atoms with Crippen LogP contribution in [0, 0.1) is 6.92 Å². The minimum absolute atomic E-state index is 0.124. The molecule has 33 heavy (non-hydrogen) atoms. The highest BCUT2D eigenvalue weighted by molar-refractivity contribution is 5.63. The van der Waals surface area contributed by atoms with Crippen LogP contribution in [0.4, 0.5) is 17.1 Å². The molecular formula is C29H45N3O. The summed E-state index contributed by atoms with van der Waals surface area (Å²) >= 11 is 0. The van der Waals surface area contributed by atoms with Crippen LogP contribution in [0.3, 0.4) is 0 Å². The summed E-state index contributed by atoms with van der Waals surface area (Å²) in [6.07, 6.45) is 15.5. The molecule has 4 nitrogen and oxygen atoms in total. The van der Waals surface area contributed by atoms with Crippen molar-refractivity contribution in [1.82, 2.24) is 0 Å². The lowest BCUT2D eigenvalue weighted by molar-refractivity contribution is 0.311. The highest BCUT2D eigenvalue weighted by Gasteiger charge is 2.09. The SMILES string of the molecule is CCCCCCCCCCCCc1ccccc1N=Nc1ccc(NCCO)c(CC)c1C. The molecule has 0 aliphatic rings. The maximum absolute atomic E-state index is 9.11. The van der Waals surface area contributed by atoms with E-state index >= 15 is 0 Å². The van der Waals surface area contributed by atoms with Crippen molar-refractivity contribution >= 4 is 17.1 Å². The van der Waals surface area contributed by atoms with Gasteiger partial charge in [0.15, 0.2) is 0 Å². The Morgan fingerprint density at radius 1 is 0.758 bits per heavy atom. The van der Waals surface area contributed by atoms with E-state index in [4.69, 9.17) is 5.11 Å². The summed E-state index contributed by atoms with van der Waals surface area (Å²) in [5.41, 5.74) is 6.64. The van der Waals surface area contributed by atoms with Crippen LogP contribution in [0.25, 0.3) is 0 Å². The number of aryl methyl sites for hydroxylation is 1. The normalized spacial score (nSPS) is 11.4. The van der Waals surface area contributed by atoms with Gasteiger partial charge in [0.25, 0.3) is 0 Å². The molecular weight excluding hydrogens is 406 g/mol. The Kier molecular flexibility index (Phi) is 13.5. The Morgan fingerprint density at radius 3 is 2.06 bits per heavy atom. The van der Waals surface area contributed by atoms with E-state index in [0.717, 1.165) is 35.5 Å². The van der Waals surface area contributed by atoms with Crippen molar-refractivity contribution in [3.8, 4) is 0 Å². The summed E-state index contributed by atoms with van der Waals surface area (Å²) in [6.45, 7) is 7.21. The van der Waals surface area contributed by atoms with Gasteiger partial charge in [-0.3, -0.25) is 0 Å². The maximum Gasteiger partial charge on any atom is 0.0890 e. The predicted molar refractivity (Wildman–Crippen MR) is 142 cm³/mol. The highest BCUT2D eigenvalue weighted by atomic mass is 16.3. The van der Waals surface area contributed by atoms with Gasteiger partial charge in [-0.1, -0.05) is 89.8 Å². The Hall–Kier alpha value is -2.20.